The Morgan fingerprint density at radius 2 is 2.11 bits per heavy atom. The predicted molar refractivity (Wildman–Crippen MR) is 36.4 cm³/mol. The molecular weight excluding hydrogens is 164 g/mol. The second kappa shape index (κ2) is 4.09. The smallest absolute Gasteiger partial charge is 0.166 e. The maximum Gasteiger partial charge on any atom is 0.166 e. The highest BCUT2D eigenvalue weighted by Crippen LogP contribution is 1.92. The lowest BCUT2D eigenvalue weighted by Gasteiger charge is -1.96. The molecule has 0 aliphatic carbocycles. The van der Waals surface area contributed by atoms with Crippen LogP contribution in [0.15, 0.2) is 0 Å². The molecule has 0 aromatic carbocycles. The molecule has 0 saturated carbocycles. The Bertz CT molecular complexity index is 151. The van der Waals surface area contributed by atoms with Crippen LogP contribution >= 0.6 is 11.6 Å². The van der Waals surface area contributed by atoms with Crippen molar-refractivity contribution in [3.63, 3.8) is 0 Å². The third-order valence-electron chi connectivity index (χ3n) is 0.765. The van der Waals surface area contributed by atoms with Crippen LogP contribution in [0.3, 0.4) is 0 Å². The molecule has 0 aliphatic heterocycles. The van der Waals surface area contributed by atoms with Crippen LogP contribution in [0.25, 0.3) is 0 Å². The number of hydrogen-bond acceptors (Lipinski definition) is 3. The molecule has 0 amide bonds. The summed E-state index contributed by atoms with van der Waals surface area (Å²) in [6.07, 6.45) is 0. The van der Waals surface area contributed by atoms with Gasteiger partial charge in [-0.25, -0.2) is 8.42 Å². The number of alkyl halides is 1. The van der Waals surface area contributed by atoms with E-state index in [1.54, 1.807) is 0 Å². The molecule has 0 saturated heterocycles. The van der Waals surface area contributed by atoms with E-state index in [9.17, 15) is 8.42 Å². The van der Waals surface area contributed by atoms with Gasteiger partial charge in [-0.05, 0) is 0 Å². The predicted octanol–water partition coefficient (Wildman–Crippen LogP) is 0.244. The quantitative estimate of drug-likeness (QED) is 0.571. The monoisotopic (exact) mass is 172 g/mol. The molecule has 0 N–H and O–H groups in total. The van der Waals surface area contributed by atoms with Crippen molar-refractivity contribution < 1.29 is 13.2 Å². The van der Waals surface area contributed by atoms with Crippen molar-refractivity contribution in [1.82, 2.24) is 0 Å². The van der Waals surface area contributed by atoms with Crippen LogP contribution in [0.1, 0.15) is 0 Å². The zero-order valence-electron chi connectivity index (χ0n) is 5.13. The Labute approximate surface area is 59.9 Å². The first kappa shape index (κ1) is 9.20. The van der Waals surface area contributed by atoms with Crippen molar-refractivity contribution in [2.75, 3.05) is 24.7 Å². The summed E-state index contributed by atoms with van der Waals surface area (Å²) >= 11 is 5.09. The van der Waals surface area contributed by atoms with Crippen LogP contribution in [0.2, 0.25) is 0 Å². The molecule has 0 fully saturated rings. The van der Waals surface area contributed by atoms with E-state index >= 15 is 0 Å². The zero-order valence-corrected chi connectivity index (χ0v) is 6.70. The van der Waals surface area contributed by atoms with Crippen molar-refractivity contribution in [2.24, 2.45) is 0 Å². The van der Waals surface area contributed by atoms with Gasteiger partial charge in [0.25, 0.3) is 0 Å². The van der Waals surface area contributed by atoms with Gasteiger partial charge in [0.1, 0.15) is 5.21 Å². The van der Waals surface area contributed by atoms with Crippen LogP contribution in [0.5, 0.6) is 0 Å². The van der Waals surface area contributed by atoms with Crippen molar-refractivity contribution in [3.05, 3.63) is 0 Å². The molecule has 5 heteroatoms. The normalized spacial score (nSPS) is 11.8. The van der Waals surface area contributed by atoms with Crippen LogP contribution in [-0.2, 0) is 14.6 Å². The van der Waals surface area contributed by atoms with Gasteiger partial charge < -0.3 is 4.74 Å². The fourth-order valence-corrected chi connectivity index (χ4v) is 1.12. The first-order valence-electron chi connectivity index (χ1n) is 2.37. The van der Waals surface area contributed by atoms with E-state index in [4.69, 9.17) is 11.6 Å². The first-order valence-corrected chi connectivity index (χ1v) is 4.73. The average molecular weight is 173 g/mol. The van der Waals surface area contributed by atoms with Crippen LogP contribution in [0.4, 0.5) is 0 Å². The van der Waals surface area contributed by atoms with Gasteiger partial charge in [-0.15, -0.1) is 11.6 Å². The van der Waals surface area contributed by atoms with Crippen molar-refractivity contribution >= 4 is 21.4 Å². The second-order valence-electron chi connectivity index (χ2n) is 1.55. The van der Waals surface area contributed by atoms with E-state index in [0.29, 0.717) is 0 Å². The lowest BCUT2D eigenvalue weighted by atomic mass is 10.9. The van der Waals surface area contributed by atoms with Crippen molar-refractivity contribution in [1.29, 1.82) is 0 Å². The topological polar surface area (TPSA) is 43.4 Å². The number of sulfone groups is 1. The maximum atomic E-state index is 10.5. The summed E-state index contributed by atoms with van der Waals surface area (Å²) in [6.45, 7) is 0.217. The molecule has 0 spiro atoms. The van der Waals surface area contributed by atoms with Gasteiger partial charge in [0.15, 0.2) is 9.84 Å². The van der Waals surface area contributed by atoms with Crippen molar-refractivity contribution in [2.45, 2.75) is 0 Å². The lowest BCUT2D eigenvalue weighted by molar-refractivity contribution is 0.217. The summed E-state index contributed by atoms with van der Waals surface area (Å²) in [4.78, 5) is 0. The molecule has 0 aromatic rings. The fraction of sp³-hybridized carbons (Fsp3) is 1.00. The van der Waals surface area contributed by atoms with E-state index in [-0.39, 0.29) is 17.6 Å². The first-order chi connectivity index (χ1) is 4.12. The highest BCUT2D eigenvalue weighted by atomic mass is 35.5. The van der Waals surface area contributed by atoms with E-state index in [1.165, 1.54) is 7.11 Å². The highest BCUT2D eigenvalue weighted by molar-refractivity contribution is 7.92. The molecule has 9 heavy (non-hydrogen) atoms. The van der Waals surface area contributed by atoms with E-state index in [1.807, 2.05) is 0 Å². The number of rotatable bonds is 4. The number of methoxy groups -OCH3 is 1. The number of halogens is 1. The molecule has 0 aromatic heterocycles. The molecule has 0 unspecified atom stereocenters. The van der Waals surface area contributed by atoms with Gasteiger partial charge in [-0.3, -0.25) is 0 Å². The van der Waals surface area contributed by atoms with Gasteiger partial charge in [0.2, 0.25) is 0 Å². The molecular formula is C4H9ClO3S. The van der Waals surface area contributed by atoms with Crippen LogP contribution in [-0.4, -0.2) is 33.1 Å². The number of ether oxygens (including phenoxy) is 1. The van der Waals surface area contributed by atoms with E-state index in [2.05, 4.69) is 4.74 Å². The molecule has 0 heterocycles. The highest BCUT2D eigenvalue weighted by Gasteiger charge is 2.06. The van der Waals surface area contributed by atoms with Gasteiger partial charge >= 0.3 is 0 Å². The largest absolute Gasteiger partial charge is 0.384 e. The molecule has 3 nitrogen and oxygen atoms in total. The summed E-state index contributed by atoms with van der Waals surface area (Å²) < 4.78 is 25.6. The van der Waals surface area contributed by atoms with Gasteiger partial charge in [-0.2, -0.15) is 0 Å². The SMILES string of the molecule is COCCS(=O)(=O)CCl. The van der Waals surface area contributed by atoms with Crippen molar-refractivity contribution in [3.8, 4) is 0 Å². The van der Waals surface area contributed by atoms with E-state index < -0.39 is 9.84 Å². The summed E-state index contributed by atoms with van der Waals surface area (Å²) in [5.41, 5.74) is 0. The lowest BCUT2D eigenvalue weighted by Crippen LogP contribution is -2.11. The summed E-state index contributed by atoms with van der Waals surface area (Å²) in [5, 5.41) is -0.323. The summed E-state index contributed by atoms with van der Waals surface area (Å²) in [5.74, 6) is 0.00694. The maximum absolute atomic E-state index is 10.5. The molecule has 0 atom stereocenters. The molecule has 56 valence electrons. The standard InChI is InChI=1S/C4H9ClO3S/c1-8-2-3-9(6,7)4-5/h2-4H2,1H3. The van der Waals surface area contributed by atoms with Crippen LogP contribution in [0, 0.1) is 0 Å². The van der Waals surface area contributed by atoms with Gasteiger partial charge in [0.05, 0.1) is 12.4 Å². The Hall–Kier alpha value is 0.200. The number of hydrogen-bond donors (Lipinski definition) is 0. The third kappa shape index (κ3) is 4.69. The molecule has 0 bridgehead atoms. The Morgan fingerprint density at radius 1 is 1.56 bits per heavy atom. The summed E-state index contributed by atoms with van der Waals surface area (Å²) in [6, 6.07) is 0. The Balaban J connectivity index is 3.61. The Morgan fingerprint density at radius 3 is 2.44 bits per heavy atom. The minimum atomic E-state index is -3.04. The Kier molecular flexibility index (Phi) is 4.18. The van der Waals surface area contributed by atoms with Gasteiger partial charge in [0, 0.05) is 7.11 Å². The van der Waals surface area contributed by atoms with Crippen LogP contribution < -0.4 is 0 Å². The second-order valence-corrected chi connectivity index (χ2v) is 4.32. The molecule has 0 rings (SSSR count). The zero-order chi connectivity index (χ0) is 7.33. The minimum Gasteiger partial charge on any atom is -0.384 e. The average Bonchev–Trinajstić information content (AvgIpc) is 1.84. The summed E-state index contributed by atoms with van der Waals surface area (Å²) in [7, 11) is -1.59. The molecule has 0 aliphatic rings. The third-order valence-corrected chi connectivity index (χ3v) is 2.88. The van der Waals surface area contributed by atoms with Gasteiger partial charge in [-0.1, -0.05) is 0 Å². The van der Waals surface area contributed by atoms with E-state index in [0.717, 1.165) is 0 Å². The molecule has 0 radical (unpaired) electrons. The minimum absolute atomic E-state index is 0.00694. The fourth-order valence-electron chi connectivity index (χ4n) is 0.265.